The van der Waals surface area contributed by atoms with Gasteiger partial charge in [-0.3, -0.25) is 9.59 Å². The summed E-state index contributed by atoms with van der Waals surface area (Å²) in [7, 11) is 1.50. The van der Waals surface area contributed by atoms with Gasteiger partial charge in [0, 0.05) is 18.7 Å². The Labute approximate surface area is 151 Å². The van der Waals surface area contributed by atoms with Gasteiger partial charge in [0.15, 0.2) is 0 Å². The Morgan fingerprint density at radius 3 is 2.04 bits per heavy atom. The number of carbonyl (C=O) groups is 2. The molecule has 1 saturated heterocycles. The number of halogens is 1. The number of carboxylic acid groups (broad SMARTS) is 1. The fraction of sp³-hybridized carbons (Fsp3) is 0.200. The maximum atomic E-state index is 12.9. The van der Waals surface area contributed by atoms with E-state index in [4.69, 9.17) is 5.11 Å². The number of hydrogen-bond donors (Lipinski definition) is 2. The standard InChI is InChI=1S/C19H16FNO3.CH5N/c20-16-7-3-13(4-8-16)1-2-14-5-9-17(10-6-14)21-12-15(19(23)24)11-18(21)22;1-2/h1-10,15H,11-12H2,(H,23,24);2H2,1H3/b2-1+;. The van der Waals surface area contributed by atoms with Crippen molar-refractivity contribution in [2.75, 3.05) is 18.5 Å². The second-order valence-electron chi connectivity index (χ2n) is 5.72. The van der Waals surface area contributed by atoms with Crippen LogP contribution in [0.3, 0.4) is 0 Å². The number of benzene rings is 2. The van der Waals surface area contributed by atoms with Crippen LogP contribution in [-0.2, 0) is 9.59 Å². The number of carboxylic acids is 1. The zero-order chi connectivity index (χ0) is 19.1. The smallest absolute Gasteiger partial charge is 0.308 e. The lowest BCUT2D eigenvalue weighted by atomic mass is 10.1. The molecule has 26 heavy (non-hydrogen) atoms. The predicted molar refractivity (Wildman–Crippen MR) is 100.0 cm³/mol. The van der Waals surface area contributed by atoms with Crippen molar-refractivity contribution >= 4 is 29.7 Å². The van der Waals surface area contributed by atoms with Crippen molar-refractivity contribution in [1.29, 1.82) is 0 Å². The quantitative estimate of drug-likeness (QED) is 0.825. The van der Waals surface area contributed by atoms with Crippen molar-refractivity contribution in [3.8, 4) is 0 Å². The van der Waals surface area contributed by atoms with E-state index in [9.17, 15) is 14.0 Å². The van der Waals surface area contributed by atoms with E-state index in [0.717, 1.165) is 11.1 Å². The number of carbonyl (C=O) groups excluding carboxylic acids is 1. The van der Waals surface area contributed by atoms with Crippen LogP contribution in [0.2, 0.25) is 0 Å². The van der Waals surface area contributed by atoms with Crippen molar-refractivity contribution in [3.63, 3.8) is 0 Å². The van der Waals surface area contributed by atoms with Gasteiger partial charge in [0.2, 0.25) is 5.91 Å². The minimum Gasteiger partial charge on any atom is -0.481 e. The van der Waals surface area contributed by atoms with Gasteiger partial charge in [-0.1, -0.05) is 36.4 Å². The predicted octanol–water partition coefficient (Wildman–Crippen LogP) is 3.01. The number of aliphatic carboxylic acids is 1. The zero-order valence-corrected chi connectivity index (χ0v) is 14.4. The largest absolute Gasteiger partial charge is 0.481 e. The molecule has 3 N–H and O–H groups in total. The van der Waals surface area contributed by atoms with E-state index in [1.165, 1.54) is 24.1 Å². The first kappa shape index (κ1) is 19.3. The van der Waals surface area contributed by atoms with Gasteiger partial charge in [-0.25, -0.2) is 4.39 Å². The van der Waals surface area contributed by atoms with Crippen molar-refractivity contribution in [1.82, 2.24) is 0 Å². The topological polar surface area (TPSA) is 83.6 Å². The molecular weight excluding hydrogens is 335 g/mol. The molecule has 0 saturated carbocycles. The summed E-state index contributed by atoms with van der Waals surface area (Å²) in [5, 5.41) is 9.02. The second kappa shape index (κ2) is 8.92. The summed E-state index contributed by atoms with van der Waals surface area (Å²) in [6, 6.07) is 13.5. The number of hydrogen-bond acceptors (Lipinski definition) is 3. The molecule has 0 aliphatic carbocycles. The highest BCUT2D eigenvalue weighted by molar-refractivity contribution is 5.99. The van der Waals surface area contributed by atoms with Gasteiger partial charge < -0.3 is 15.7 Å². The summed E-state index contributed by atoms with van der Waals surface area (Å²) < 4.78 is 12.9. The first-order valence-corrected chi connectivity index (χ1v) is 8.17. The Bertz CT molecular complexity index is 786. The number of amides is 1. The number of nitrogens with zero attached hydrogens (tertiary/aromatic N) is 1. The minimum absolute atomic E-state index is 0.0432. The van der Waals surface area contributed by atoms with Gasteiger partial charge in [0.25, 0.3) is 0 Å². The van der Waals surface area contributed by atoms with Crippen LogP contribution in [0, 0.1) is 11.7 Å². The summed E-state index contributed by atoms with van der Waals surface area (Å²) in [6.07, 6.45) is 3.81. The SMILES string of the molecule is CN.O=C(O)C1CC(=O)N(c2ccc(/C=C/c3ccc(F)cc3)cc2)C1. The molecule has 0 bridgehead atoms. The van der Waals surface area contributed by atoms with Crippen LogP contribution in [0.15, 0.2) is 48.5 Å². The van der Waals surface area contributed by atoms with E-state index >= 15 is 0 Å². The summed E-state index contributed by atoms with van der Waals surface area (Å²) in [5.74, 6) is -2.02. The van der Waals surface area contributed by atoms with Crippen LogP contribution in [-0.4, -0.2) is 30.6 Å². The van der Waals surface area contributed by atoms with Gasteiger partial charge in [0.1, 0.15) is 5.82 Å². The van der Waals surface area contributed by atoms with Crippen molar-refractivity contribution in [2.45, 2.75) is 6.42 Å². The van der Waals surface area contributed by atoms with Crippen LogP contribution >= 0.6 is 0 Å². The second-order valence-corrected chi connectivity index (χ2v) is 5.72. The summed E-state index contributed by atoms with van der Waals surface area (Å²) in [4.78, 5) is 24.4. The lowest BCUT2D eigenvalue weighted by molar-refractivity contribution is -0.141. The van der Waals surface area contributed by atoms with Crippen LogP contribution < -0.4 is 10.6 Å². The van der Waals surface area contributed by atoms with Crippen LogP contribution in [0.25, 0.3) is 12.2 Å². The maximum absolute atomic E-state index is 12.9. The lowest BCUT2D eigenvalue weighted by Gasteiger charge is -2.16. The number of nitrogens with two attached hydrogens (primary N) is 1. The highest BCUT2D eigenvalue weighted by Gasteiger charge is 2.34. The Morgan fingerprint density at radius 2 is 1.58 bits per heavy atom. The Morgan fingerprint density at radius 1 is 1.08 bits per heavy atom. The third-order valence-electron chi connectivity index (χ3n) is 4.02. The van der Waals surface area contributed by atoms with Crippen LogP contribution in [0.1, 0.15) is 17.5 Å². The average Bonchev–Trinajstić information content (AvgIpc) is 3.05. The molecule has 136 valence electrons. The van der Waals surface area contributed by atoms with Crippen molar-refractivity contribution < 1.29 is 19.1 Å². The molecule has 0 aromatic heterocycles. The molecule has 0 radical (unpaired) electrons. The van der Waals surface area contributed by atoms with Crippen molar-refractivity contribution in [2.24, 2.45) is 11.7 Å². The van der Waals surface area contributed by atoms with Gasteiger partial charge in [0.05, 0.1) is 5.92 Å². The maximum Gasteiger partial charge on any atom is 0.308 e. The van der Waals surface area contributed by atoms with Crippen molar-refractivity contribution in [3.05, 3.63) is 65.5 Å². The Hall–Kier alpha value is -2.99. The molecule has 3 rings (SSSR count). The molecule has 5 nitrogen and oxygen atoms in total. The molecule has 1 heterocycles. The molecule has 1 aliphatic rings. The molecule has 1 amide bonds. The average molecular weight is 356 g/mol. The molecule has 2 aromatic carbocycles. The van der Waals surface area contributed by atoms with Crippen LogP contribution in [0.4, 0.5) is 10.1 Å². The van der Waals surface area contributed by atoms with Gasteiger partial charge in [-0.15, -0.1) is 0 Å². The number of rotatable bonds is 4. The van der Waals surface area contributed by atoms with E-state index in [1.807, 2.05) is 24.3 Å². The van der Waals surface area contributed by atoms with E-state index in [-0.39, 0.29) is 24.7 Å². The first-order valence-electron chi connectivity index (χ1n) is 8.17. The summed E-state index contributed by atoms with van der Waals surface area (Å²) in [5.41, 5.74) is 7.02. The molecule has 1 fully saturated rings. The summed E-state index contributed by atoms with van der Waals surface area (Å²) >= 11 is 0. The van der Waals surface area contributed by atoms with Crippen LogP contribution in [0.5, 0.6) is 0 Å². The molecule has 0 spiro atoms. The Kier molecular flexibility index (Phi) is 6.63. The monoisotopic (exact) mass is 356 g/mol. The molecular formula is C20H21FN2O3. The zero-order valence-electron chi connectivity index (χ0n) is 14.4. The highest BCUT2D eigenvalue weighted by atomic mass is 19.1. The minimum atomic E-state index is -0.940. The molecule has 6 heteroatoms. The van der Waals surface area contributed by atoms with Gasteiger partial charge in [-0.05, 0) is 42.4 Å². The molecule has 1 unspecified atom stereocenters. The van der Waals surface area contributed by atoms with E-state index < -0.39 is 11.9 Å². The normalized spacial score (nSPS) is 16.5. The first-order chi connectivity index (χ1) is 12.5. The van der Waals surface area contributed by atoms with E-state index in [0.29, 0.717) is 5.69 Å². The lowest BCUT2D eigenvalue weighted by Crippen LogP contribution is -2.25. The third-order valence-corrected chi connectivity index (χ3v) is 4.02. The van der Waals surface area contributed by atoms with Gasteiger partial charge >= 0.3 is 5.97 Å². The van der Waals surface area contributed by atoms with Gasteiger partial charge in [-0.2, -0.15) is 0 Å². The van der Waals surface area contributed by atoms with E-state index in [2.05, 4.69) is 5.73 Å². The molecule has 1 atom stereocenters. The third kappa shape index (κ3) is 4.77. The van der Waals surface area contributed by atoms with E-state index in [1.54, 1.807) is 24.3 Å². The fourth-order valence-corrected chi connectivity index (χ4v) is 2.65. The molecule has 1 aliphatic heterocycles. The number of anilines is 1. The molecule has 2 aromatic rings. The fourth-order valence-electron chi connectivity index (χ4n) is 2.65. The summed E-state index contributed by atoms with van der Waals surface area (Å²) in [6.45, 7) is 0.207. The Balaban J connectivity index is 0.00000117. The highest BCUT2D eigenvalue weighted by Crippen LogP contribution is 2.25.